The van der Waals surface area contributed by atoms with E-state index in [1.165, 1.54) is 0 Å². The molecular formula is C14H20O2Si. The average Bonchev–Trinajstić information content (AvgIpc) is 2.27. The molecule has 0 aliphatic carbocycles. The maximum Gasteiger partial charge on any atom is 0.137 e. The molecule has 1 N–H and O–H groups in total. The highest BCUT2D eigenvalue weighted by molar-refractivity contribution is 6.83. The molecule has 0 aliphatic rings. The van der Waals surface area contributed by atoms with Gasteiger partial charge in [-0.25, -0.2) is 0 Å². The molecule has 1 atom stereocenters. The quantitative estimate of drug-likeness (QED) is 0.655. The van der Waals surface area contributed by atoms with Crippen LogP contribution < -0.4 is 0 Å². The van der Waals surface area contributed by atoms with Crippen molar-refractivity contribution in [3.63, 3.8) is 0 Å². The van der Waals surface area contributed by atoms with Gasteiger partial charge < -0.3 is 9.84 Å². The maximum absolute atomic E-state index is 9.61. The summed E-state index contributed by atoms with van der Waals surface area (Å²) in [5, 5.41) is 9.61. The van der Waals surface area contributed by atoms with Crippen LogP contribution in [-0.4, -0.2) is 25.9 Å². The van der Waals surface area contributed by atoms with Gasteiger partial charge in [0.1, 0.15) is 14.2 Å². The lowest BCUT2D eigenvalue weighted by molar-refractivity contribution is 0.0544. The zero-order chi connectivity index (χ0) is 12.7. The fourth-order valence-electron chi connectivity index (χ4n) is 1.20. The van der Waals surface area contributed by atoms with Crippen molar-refractivity contribution >= 4 is 8.07 Å². The van der Waals surface area contributed by atoms with Gasteiger partial charge in [0.2, 0.25) is 0 Å². The van der Waals surface area contributed by atoms with Crippen LogP contribution >= 0.6 is 0 Å². The van der Waals surface area contributed by atoms with E-state index in [1.54, 1.807) is 0 Å². The molecule has 0 unspecified atom stereocenters. The number of aliphatic hydroxyl groups excluding tert-OH is 1. The van der Waals surface area contributed by atoms with Crippen molar-refractivity contribution < 1.29 is 9.84 Å². The Morgan fingerprint density at radius 2 is 1.88 bits per heavy atom. The third kappa shape index (κ3) is 6.95. The molecule has 1 rings (SSSR count). The highest BCUT2D eigenvalue weighted by Crippen LogP contribution is 2.01. The molecule has 0 radical (unpaired) electrons. The van der Waals surface area contributed by atoms with E-state index in [2.05, 4.69) is 31.1 Å². The molecule has 0 aliphatic heterocycles. The molecule has 0 fully saturated rings. The maximum atomic E-state index is 9.61. The molecule has 0 amide bonds. The van der Waals surface area contributed by atoms with Gasteiger partial charge in [-0.1, -0.05) is 55.9 Å². The van der Waals surface area contributed by atoms with E-state index < -0.39 is 14.2 Å². The van der Waals surface area contributed by atoms with Crippen molar-refractivity contribution in [2.45, 2.75) is 32.4 Å². The van der Waals surface area contributed by atoms with E-state index >= 15 is 0 Å². The Bertz CT molecular complexity index is 384. The Hall–Kier alpha value is -1.08. The lowest BCUT2D eigenvalue weighted by atomic mass is 10.2. The smallest absolute Gasteiger partial charge is 0.137 e. The van der Waals surface area contributed by atoms with Gasteiger partial charge in [0.15, 0.2) is 0 Å². The van der Waals surface area contributed by atoms with Gasteiger partial charge >= 0.3 is 0 Å². The van der Waals surface area contributed by atoms with Crippen molar-refractivity contribution in [3.05, 3.63) is 35.9 Å². The first-order valence-electron chi connectivity index (χ1n) is 5.80. The normalized spacial score (nSPS) is 12.7. The van der Waals surface area contributed by atoms with Crippen molar-refractivity contribution in [1.29, 1.82) is 0 Å². The predicted octanol–water partition coefficient (Wildman–Crippen LogP) is 2.44. The molecule has 3 heteroatoms. The van der Waals surface area contributed by atoms with E-state index in [0.717, 1.165) is 5.56 Å². The van der Waals surface area contributed by atoms with Gasteiger partial charge in [0.25, 0.3) is 0 Å². The molecule has 17 heavy (non-hydrogen) atoms. The second-order valence-electron chi connectivity index (χ2n) is 5.04. The van der Waals surface area contributed by atoms with Gasteiger partial charge in [-0.05, 0) is 5.56 Å². The number of benzene rings is 1. The van der Waals surface area contributed by atoms with E-state index in [0.29, 0.717) is 6.61 Å². The molecule has 0 saturated heterocycles. The lowest BCUT2D eigenvalue weighted by Crippen LogP contribution is -2.19. The predicted molar refractivity (Wildman–Crippen MR) is 73.2 cm³/mol. The monoisotopic (exact) mass is 248 g/mol. The van der Waals surface area contributed by atoms with Crippen LogP contribution in [0.3, 0.4) is 0 Å². The fourth-order valence-corrected chi connectivity index (χ4v) is 1.80. The summed E-state index contributed by atoms with van der Waals surface area (Å²) < 4.78 is 5.41. The minimum Gasteiger partial charge on any atom is -0.378 e. The summed E-state index contributed by atoms with van der Waals surface area (Å²) in [5.74, 6) is 2.85. The molecule has 1 aromatic carbocycles. The minimum absolute atomic E-state index is 0.270. The molecular weight excluding hydrogens is 228 g/mol. The molecule has 0 aromatic heterocycles. The zero-order valence-electron chi connectivity index (χ0n) is 10.7. The van der Waals surface area contributed by atoms with Gasteiger partial charge in [-0.15, -0.1) is 5.54 Å². The van der Waals surface area contributed by atoms with Crippen LogP contribution in [0.4, 0.5) is 0 Å². The SMILES string of the molecule is C[Si](C)(C)C#C[C@H](O)COCc1ccccc1. The number of ether oxygens (including phenoxy) is 1. The van der Waals surface area contributed by atoms with Crippen LogP contribution in [0.25, 0.3) is 0 Å². The molecule has 92 valence electrons. The van der Waals surface area contributed by atoms with E-state index in [9.17, 15) is 5.11 Å². The Labute approximate surface area is 105 Å². The fraction of sp³-hybridized carbons (Fsp3) is 0.429. The highest BCUT2D eigenvalue weighted by atomic mass is 28.3. The van der Waals surface area contributed by atoms with Crippen LogP contribution in [0.1, 0.15) is 5.56 Å². The number of aliphatic hydroxyl groups is 1. The summed E-state index contributed by atoms with van der Waals surface area (Å²) >= 11 is 0. The first-order chi connectivity index (χ1) is 7.97. The van der Waals surface area contributed by atoms with Crippen molar-refractivity contribution in [3.8, 4) is 11.5 Å². The highest BCUT2D eigenvalue weighted by Gasteiger charge is 2.08. The molecule has 0 bridgehead atoms. The Kier molecular flexibility index (Phi) is 5.43. The first kappa shape index (κ1) is 14.0. The molecule has 0 heterocycles. The summed E-state index contributed by atoms with van der Waals surface area (Å²) in [7, 11) is -1.40. The van der Waals surface area contributed by atoms with Crippen LogP contribution in [-0.2, 0) is 11.3 Å². The molecule has 2 nitrogen and oxygen atoms in total. The summed E-state index contributed by atoms with van der Waals surface area (Å²) in [6.45, 7) is 7.24. The number of hydrogen-bond donors (Lipinski definition) is 1. The zero-order valence-corrected chi connectivity index (χ0v) is 11.7. The molecule has 1 aromatic rings. The second-order valence-corrected chi connectivity index (χ2v) is 9.79. The summed E-state index contributed by atoms with van der Waals surface area (Å²) in [6, 6.07) is 9.91. The topological polar surface area (TPSA) is 29.5 Å². The second kappa shape index (κ2) is 6.60. The Balaban J connectivity index is 2.29. The van der Waals surface area contributed by atoms with Crippen molar-refractivity contribution in [2.24, 2.45) is 0 Å². The van der Waals surface area contributed by atoms with E-state index in [4.69, 9.17) is 4.74 Å². The lowest BCUT2D eigenvalue weighted by Gasteiger charge is -2.08. The number of rotatable bonds is 4. The standard InChI is InChI=1S/C14H20O2Si/c1-17(2,3)10-9-14(15)12-16-11-13-7-5-4-6-8-13/h4-8,14-15H,11-12H2,1-3H3/t14-/m0/s1. The average molecular weight is 248 g/mol. The summed E-state index contributed by atoms with van der Waals surface area (Å²) in [5.41, 5.74) is 4.24. The van der Waals surface area contributed by atoms with Crippen molar-refractivity contribution in [2.75, 3.05) is 6.61 Å². The first-order valence-corrected chi connectivity index (χ1v) is 9.30. The van der Waals surface area contributed by atoms with Crippen LogP contribution in [0, 0.1) is 11.5 Å². The summed E-state index contributed by atoms with van der Waals surface area (Å²) in [6.07, 6.45) is -0.676. The van der Waals surface area contributed by atoms with Crippen LogP contribution in [0.2, 0.25) is 19.6 Å². The Morgan fingerprint density at radius 3 is 2.47 bits per heavy atom. The largest absolute Gasteiger partial charge is 0.378 e. The molecule has 0 spiro atoms. The van der Waals surface area contributed by atoms with Gasteiger partial charge in [-0.3, -0.25) is 0 Å². The van der Waals surface area contributed by atoms with E-state index in [1.807, 2.05) is 30.3 Å². The van der Waals surface area contributed by atoms with Crippen LogP contribution in [0.15, 0.2) is 30.3 Å². The third-order valence-corrected chi connectivity index (χ3v) is 2.90. The van der Waals surface area contributed by atoms with Crippen LogP contribution in [0.5, 0.6) is 0 Å². The molecule has 0 saturated carbocycles. The number of hydrogen-bond acceptors (Lipinski definition) is 2. The van der Waals surface area contributed by atoms with E-state index in [-0.39, 0.29) is 6.61 Å². The summed E-state index contributed by atoms with van der Waals surface area (Å²) in [4.78, 5) is 0. The van der Waals surface area contributed by atoms with Gasteiger partial charge in [0.05, 0.1) is 13.2 Å². The minimum atomic E-state index is -1.40. The third-order valence-electron chi connectivity index (χ3n) is 2.00. The van der Waals surface area contributed by atoms with Crippen molar-refractivity contribution in [1.82, 2.24) is 0 Å². The van der Waals surface area contributed by atoms with Gasteiger partial charge in [-0.2, -0.15) is 0 Å². The van der Waals surface area contributed by atoms with Gasteiger partial charge in [0, 0.05) is 0 Å². The Morgan fingerprint density at radius 1 is 1.24 bits per heavy atom.